The molecule has 1 aromatic rings. The van der Waals surface area contributed by atoms with E-state index in [1.165, 1.54) is 12.1 Å². The van der Waals surface area contributed by atoms with Crippen LogP contribution in [0, 0.1) is 5.92 Å². The lowest BCUT2D eigenvalue weighted by Gasteiger charge is -2.37. The Morgan fingerprint density at radius 3 is 2.73 bits per heavy atom. The summed E-state index contributed by atoms with van der Waals surface area (Å²) in [5.41, 5.74) is 0.854. The van der Waals surface area contributed by atoms with Gasteiger partial charge in [-0.2, -0.15) is 0 Å². The van der Waals surface area contributed by atoms with E-state index in [-0.39, 0.29) is 35.8 Å². The summed E-state index contributed by atoms with van der Waals surface area (Å²) in [6, 6.07) is 6.54. The Labute approximate surface area is 154 Å². The van der Waals surface area contributed by atoms with E-state index in [2.05, 4.69) is 12.2 Å². The van der Waals surface area contributed by atoms with Gasteiger partial charge in [-0.15, -0.1) is 0 Å². The molecule has 2 atom stereocenters. The fraction of sp³-hybridized carbons (Fsp3) is 0.550. The first kappa shape index (κ1) is 19.9. The zero-order valence-corrected chi connectivity index (χ0v) is 15.5. The van der Waals surface area contributed by atoms with Crippen molar-refractivity contribution < 1.29 is 19.5 Å². The quantitative estimate of drug-likeness (QED) is 0.731. The molecule has 0 spiro atoms. The van der Waals surface area contributed by atoms with Crippen molar-refractivity contribution in [1.82, 2.24) is 10.2 Å². The lowest BCUT2D eigenvalue weighted by molar-refractivity contribution is -0.137. The number of likely N-dealkylation sites (tertiary alicyclic amines) is 1. The summed E-state index contributed by atoms with van der Waals surface area (Å²) in [5.74, 6) is -1.21. The third kappa shape index (κ3) is 5.31. The number of carbonyl (C=O) groups excluding carboxylic acids is 2. The van der Waals surface area contributed by atoms with E-state index in [9.17, 15) is 14.4 Å². The predicted molar refractivity (Wildman–Crippen MR) is 98.9 cm³/mol. The molecule has 2 N–H and O–H groups in total. The number of amides is 2. The highest BCUT2D eigenvalue weighted by Gasteiger charge is 2.32. The Balaban J connectivity index is 1.99. The van der Waals surface area contributed by atoms with Gasteiger partial charge in [0.05, 0.1) is 17.9 Å². The molecule has 1 saturated heterocycles. The zero-order valence-electron chi connectivity index (χ0n) is 15.5. The number of hydrogen-bond donors (Lipinski definition) is 2. The average Bonchev–Trinajstić information content (AvgIpc) is 2.62. The fourth-order valence-corrected chi connectivity index (χ4v) is 3.29. The molecule has 0 saturated carbocycles. The van der Waals surface area contributed by atoms with Gasteiger partial charge in [-0.05, 0) is 43.9 Å². The molecule has 0 aromatic heterocycles. The molecule has 2 unspecified atom stereocenters. The van der Waals surface area contributed by atoms with Crippen LogP contribution in [0.3, 0.4) is 0 Å². The third-order valence-electron chi connectivity index (χ3n) is 4.93. The second-order valence-electron chi connectivity index (χ2n) is 7.00. The molecule has 6 heteroatoms. The summed E-state index contributed by atoms with van der Waals surface area (Å²) >= 11 is 0. The number of aromatic carboxylic acids is 1. The highest BCUT2D eigenvalue weighted by molar-refractivity contribution is 5.88. The van der Waals surface area contributed by atoms with Crippen molar-refractivity contribution in [2.24, 2.45) is 5.92 Å². The Hall–Kier alpha value is -2.37. The molecule has 1 aliphatic heterocycles. The first-order chi connectivity index (χ1) is 12.4. The van der Waals surface area contributed by atoms with Crippen LogP contribution in [0.5, 0.6) is 0 Å². The Morgan fingerprint density at radius 1 is 1.27 bits per heavy atom. The number of piperidine rings is 1. The molecule has 1 aliphatic rings. The van der Waals surface area contributed by atoms with Crippen molar-refractivity contribution in [3.63, 3.8) is 0 Å². The van der Waals surface area contributed by atoms with Crippen LogP contribution in [0.4, 0.5) is 0 Å². The van der Waals surface area contributed by atoms with Crippen molar-refractivity contribution in [2.75, 3.05) is 13.1 Å². The molecule has 1 aromatic carbocycles. The molecule has 1 heterocycles. The number of unbranched alkanes of at least 4 members (excludes halogenated alkanes) is 1. The van der Waals surface area contributed by atoms with Gasteiger partial charge in [0.25, 0.3) is 0 Å². The highest BCUT2D eigenvalue weighted by Crippen LogP contribution is 2.23. The van der Waals surface area contributed by atoms with Gasteiger partial charge >= 0.3 is 5.97 Å². The van der Waals surface area contributed by atoms with Gasteiger partial charge in [-0.3, -0.25) is 9.59 Å². The summed E-state index contributed by atoms with van der Waals surface area (Å²) in [5, 5.41) is 12.0. The Morgan fingerprint density at radius 2 is 2.04 bits per heavy atom. The predicted octanol–water partition coefficient (Wildman–Crippen LogP) is 2.47. The largest absolute Gasteiger partial charge is 0.478 e. The number of carboxylic acids is 1. The van der Waals surface area contributed by atoms with Gasteiger partial charge in [-0.1, -0.05) is 25.5 Å². The van der Waals surface area contributed by atoms with Crippen LogP contribution in [0.1, 0.15) is 55.5 Å². The monoisotopic (exact) mass is 360 g/mol. The zero-order chi connectivity index (χ0) is 19.1. The summed E-state index contributed by atoms with van der Waals surface area (Å²) in [7, 11) is 0. The molecular weight excluding hydrogens is 332 g/mol. The van der Waals surface area contributed by atoms with Crippen LogP contribution in [-0.2, 0) is 16.0 Å². The van der Waals surface area contributed by atoms with Crippen molar-refractivity contribution in [3.05, 3.63) is 35.4 Å². The average molecular weight is 360 g/mol. The molecule has 0 aliphatic carbocycles. The SMILES string of the molecule is CCCCNC(=O)C1CCC(C)N(C(=O)Cc2cccc(C(=O)O)c2)C1. The normalized spacial score (nSPS) is 19.8. The number of nitrogens with zero attached hydrogens (tertiary/aromatic N) is 1. The van der Waals surface area contributed by atoms with Gasteiger partial charge in [0.2, 0.25) is 11.8 Å². The minimum absolute atomic E-state index is 0.0241. The van der Waals surface area contributed by atoms with Gasteiger partial charge in [0.15, 0.2) is 0 Å². The van der Waals surface area contributed by atoms with Crippen LogP contribution in [0.15, 0.2) is 24.3 Å². The Bertz CT molecular complexity index is 659. The number of rotatable bonds is 7. The van der Waals surface area contributed by atoms with Gasteiger partial charge in [0, 0.05) is 19.1 Å². The molecule has 142 valence electrons. The minimum Gasteiger partial charge on any atom is -0.478 e. The molecule has 1 fully saturated rings. The van der Waals surface area contributed by atoms with E-state index < -0.39 is 5.97 Å². The van der Waals surface area contributed by atoms with Crippen LogP contribution >= 0.6 is 0 Å². The maximum atomic E-state index is 12.7. The lowest BCUT2D eigenvalue weighted by atomic mass is 9.92. The second-order valence-corrected chi connectivity index (χ2v) is 7.00. The third-order valence-corrected chi connectivity index (χ3v) is 4.93. The van der Waals surface area contributed by atoms with Crippen LogP contribution in [-0.4, -0.2) is 46.9 Å². The van der Waals surface area contributed by atoms with E-state index in [1.54, 1.807) is 17.0 Å². The van der Waals surface area contributed by atoms with Crippen LogP contribution in [0.2, 0.25) is 0 Å². The Kier molecular flexibility index (Phi) is 7.18. The van der Waals surface area contributed by atoms with Gasteiger partial charge in [0.1, 0.15) is 0 Å². The van der Waals surface area contributed by atoms with Gasteiger partial charge in [-0.25, -0.2) is 4.79 Å². The topological polar surface area (TPSA) is 86.7 Å². The van der Waals surface area contributed by atoms with Gasteiger partial charge < -0.3 is 15.3 Å². The molecule has 0 bridgehead atoms. The number of benzene rings is 1. The van der Waals surface area contributed by atoms with Crippen molar-refractivity contribution >= 4 is 17.8 Å². The van der Waals surface area contributed by atoms with Crippen molar-refractivity contribution in [2.45, 2.75) is 52.0 Å². The summed E-state index contributed by atoms with van der Waals surface area (Å²) in [4.78, 5) is 37.9. The van der Waals surface area contributed by atoms with Crippen LogP contribution < -0.4 is 5.32 Å². The summed E-state index contributed by atoms with van der Waals surface area (Å²) in [6.45, 7) is 5.18. The smallest absolute Gasteiger partial charge is 0.335 e. The number of hydrogen-bond acceptors (Lipinski definition) is 3. The summed E-state index contributed by atoms with van der Waals surface area (Å²) in [6.07, 6.45) is 3.72. The minimum atomic E-state index is -1.01. The maximum Gasteiger partial charge on any atom is 0.335 e. The maximum absolute atomic E-state index is 12.7. The fourth-order valence-electron chi connectivity index (χ4n) is 3.29. The molecule has 6 nitrogen and oxygen atoms in total. The first-order valence-corrected chi connectivity index (χ1v) is 9.31. The van der Waals surface area contributed by atoms with E-state index in [1.807, 2.05) is 6.92 Å². The molecule has 0 radical (unpaired) electrons. The molecule has 26 heavy (non-hydrogen) atoms. The highest BCUT2D eigenvalue weighted by atomic mass is 16.4. The number of nitrogens with one attached hydrogen (secondary N) is 1. The number of carbonyl (C=O) groups is 3. The van der Waals surface area contributed by atoms with Crippen molar-refractivity contribution in [3.8, 4) is 0 Å². The molecule has 2 rings (SSSR count). The van der Waals surface area contributed by atoms with E-state index >= 15 is 0 Å². The van der Waals surface area contributed by atoms with E-state index in [0.29, 0.717) is 18.7 Å². The van der Waals surface area contributed by atoms with Crippen LogP contribution in [0.25, 0.3) is 0 Å². The second kappa shape index (κ2) is 9.36. The first-order valence-electron chi connectivity index (χ1n) is 9.31. The summed E-state index contributed by atoms with van der Waals surface area (Å²) < 4.78 is 0. The van der Waals surface area contributed by atoms with E-state index in [4.69, 9.17) is 5.11 Å². The van der Waals surface area contributed by atoms with Crippen molar-refractivity contribution in [1.29, 1.82) is 0 Å². The molecule has 2 amide bonds. The van der Waals surface area contributed by atoms with E-state index in [0.717, 1.165) is 25.7 Å². The number of carboxylic acid groups (broad SMARTS) is 1. The standard InChI is InChI=1S/C20H28N2O4/c1-3-4-10-21-19(24)17-9-8-14(2)22(13-17)18(23)12-15-6-5-7-16(11-15)20(25)26/h5-7,11,14,17H,3-4,8-10,12-13H2,1-2H3,(H,21,24)(H,25,26). The molecular formula is C20H28N2O4. The lowest BCUT2D eigenvalue weighted by Crippen LogP contribution is -2.50.